The fourth-order valence-electron chi connectivity index (χ4n) is 4.49. The number of benzene rings is 4. The lowest BCUT2D eigenvalue weighted by molar-refractivity contribution is -0.266. The normalized spacial score (nSPS) is 15.1. The largest absolute Gasteiger partial charge is 0.872 e. The molecule has 0 aliphatic carbocycles. The topological polar surface area (TPSA) is 74.3 Å². The van der Waals surface area contributed by atoms with Gasteiger partial charge in [-0.2, -0.15) is 0 Å². The molecule has 0 amide bonds. The minimum Gasteiger partial charge on any atom is -0.872 e. The Balaban J connectivity index is 1.29. The number of hydrogen-bond donors (Lipinski definition) is 0. The van der Waals surface area contributed by atoms with E-state index in [1.54, 1.807) is 30.4 Å². The first-order valence-electron chi connectivity index (χ1n) is 11.5. The molecule has 37 heavy (non-hydrogen) atoms. The second kappa shape index (κ2) is 9.32. The maximum absolute atomic E-state index is 13.0. The summed E-state index contributed by atoms with van der Waals surface area (Å²) in [7, 11) is 0. The van der Waals surface area contributed by atoms with E-state index in [0.29, 0.717) is 20.5 Å². The third-order valence-electron chi connectivity index (χ3n) is 6.32. The average molecular weight is 518 g/mol. The van der Waals surface area contributed by atoms with E-state index in [0.717, 1.165) is 44.6 Å². The van der Waals surface area contributed by atoms with Gasteiger partial charge < -0.3 is 5.11 Å². The third-order valence-corrected chi connectivity index (χ3v) is 8.41. The minimum atomic E-state index is -0.314. The Bertz CT molecular complexity index is 1930. The molecule has 1 aliphatic rings. The van der Waals surface area contributed by atoms with Crippen LogP contribution >= 0.6 is 23.1 Å². The maximum Gasteiger partial charge on any atom is 0.239 e. The highest BCUT2D eigenvalue weighted by molar-refractivity contribution is 8.14. The number of carbonyl (C=O) groups excluding carboxylic acids is 2. The number of carbonyl (C=O) groups is 2. The van der Waals surface area contributed by atoms with Crippen LogP contribution in [0.4, 0.5) is 0 Å². The predicted octanol–water partition coefficient (Wildman–Crippen LogP) is 6.65. The van der Waals surface area contributed by atoms with Crippen LogP contribution in [0.25, 0.3) is 37.7 Å². The summed E-state index contributed by atoms with van der Waals surface area (Å²) in [5.41, 5.74) is 0.688. The van der Waals surface area contributed by atoms with Gasteiger partial charge in [-0.15, -0.1) is 0 Å². The number of ketones is 1. The highest BCUT2D eigenvalue weighted by atomic mass is 32.2. The Morgan fingerprint density at radius 1 is 0.703 bits per heavy atom. The second-order valence-electron chi connectivity index (χ2n) is 8.50. The Hall–Kier alpha value is -4.26. The summed E-state index contributed by atoms with van der Waals surface area (Å²) in [6, 6.07) is 22.6. The van der Waals surface area contributed by atoms with Gasteiger partial charge in [0.2, 0.25) is 9.86 Å². The number of hydrogen-bond acceptors (Lipinski definition) is 6. The highest BCUT2D eigenvalue weighted by Crippen LogP contribution is 2.39. The molecular weight excluding hydrogens is 500 g/mol. The van der Waals surface area contributed by atoms with E-state index in [1.165, 1.54) is 12.2 Å². The van der Waals surface area contributed by atoms with Crippen LogP contribution in [0.1, 0.15) is 15.9 Å². The Kier molecular flexibility index (Phi) is 5.83. The first kappa shape index (κ1) is 23.2. The van der Waals surface area contributed by atoms with Crippen molar-refractivity contribution in [1.82, 2.24) is 0 Å². The SMILES string of the molecule is O=C1Sc2c(ccc3ccccc23)C(=O)/C1=C/C=CC=Cc1c([O-])c2ccc3ccccc3c2sc1=O. The predicted molar refractivity (Wildman–Crippen MR) is 150 cm³/mol. The van der Waals surface area contributed by atoms with Crippen LogP contribution in [-0.2, 0) is 4.79 Å². The number of rotatable bonds is 3. The Labute approximate surface area is 219 Å². The summed E-state index contributed by atoms with van der Waals surface area (Å²) in [6.07, 6.45) is 7.70. The highest BCUT2D eigenvalue weighted by Gasteiger charge is 2.30. The summed E-state index contributed by atoms with van der Waals surface area (Å²) in [5.74, 6) is -0.629. The Morgan fingerprint density at radius 3 is 2.22 bits per heavy atom. The smallest absolute Gasteiger partial charge is 0.239 e. The van der Waals surface area contributed by atoms with Gasteiger partial charge in [0.1, 0.15) is 0 Å². The van der Waals surface area contributed by atoms with Gasteiger partial charge in [-0.05, 0) is 50.8 Å². The van der Waals surface area contributed by atoms with Crippen molar-refractivity contribution < 1.29 is 14.7 Å². The van der Waals surface area contributed by atoms with Crippen LogP contribution in [-0.4, -0.2) is 10.9 Å². The van der Waals surface area contributed by atoms with E-state index in [4.69, 9.17) is 0 Å². The average Bonchev–Trinajstić information content (AvgIpc) is 2.91. The van der Waals surface area contributed by atoms with Gasteiger partial charge in [-0.3, -0.25) is 14.4 Å². The molecule has 5 aromatic rings. The molecule has 6 rings (SSSR count). The minimum absolute atomic E-state index is 0.0891. The summed E-state index contributed by atoms with van der Waals surface area (Å²) >= 11 is 2.12. The van der Waals surface area contributed by atoms with Crippen LogP contribution in [0.5, 0.6) is 5.75 Å². The van der Waals surface area contributed by atoms with Crippen molar-refractivity contribution >= 4 is 71.7 Å². The van der Waals surface area contributed by atoms with Gasteiger partial charge >= 0.3 is 0 Å². The van der Waals surface area contributed by atoms with Crippen molar-refractivity contribution in [3.63, 3.8) is 0 Å². The van der Waals surface area contributed by atoms with Crippen molar-refractivity contribution in [2.45, 2.75) is 4.90 Å². The molecule has 1 aliphatic heterocycles. The lowest BCUT2D eigenvalue weighted by Gasteiger charge is -2.17. The molecule has 0 N–H and O–H groups in total. The lowest BCUT2D eigenvalue weighted by Crippen LogP contribution is -2.17. The molecule has 0 bridgehead atoms. The standard InChI is InChI=1S/C31H18O4S2/c32-26-22-16-14-18-8-4-6-10-20(18)28(22)36-30(34)24(26)12-2-1-3-13-25-27(33)23-17-15-19-9-5-7-11-21(19)29(23)37-31(25)35/h1-17,32H/p-1/b3-1?,12-2?,25-13-. The summed E-state index contributed by atoms with van der Waals surface area (Å²) in [6.45, 7) is 0. The molecule has 0 spiro atoms. The third kappa shape index (κ3) is 4.00. The zero-order valence-electron chi connectivity index (χ0n) is 19.3. The molecule has 4 nitrogen and oxygen atoms in total. The molecule has 4 aromatic carbocycles. The molecule has 0 atom stereocenters. The summed E-state index contributed by atoms with van der Waals surface area (Å²) < 4.78 is 0.375. The Morgan fingerprint density at radius 2 is 1.41 bits per heavy atom. The quantitative estimate of drug-likeness (QED) is 0.116. The molecule has 2 heterocycles. The van der Waals surface area contributed by atoms with E-state index in [-0.39, 0.29) is 32.5 Å². The van der Waals surface area contributed by atoms with Gasteiger partial charge in [-0.1, -0.05) is 108 Å². The molecule has 6 heteroatoms. The van der Waals surface area contributed by atoms with Crippen LogP contribution in [0, 0.1) is 0 Å². The molecule has 0 saturated heterocycles. The molecule has 0 saturated carbocycles. The van der Waals surface area contributed by atoms with Crippen LogP contribution in [0.2, 0.25) is 0 Å². The van der Waals surface area contributed by atoms with Gasteiger partial charge in [0.05, 0.1) is 5.57 Å². The van der Waals surface area contributed by atoms with Crippen molar-refractivity contribution in [1.29, 1.82) is 0 Å². The zero-order valence-corrected chi connectivity index (χ0v) is 20.9. The monoisotopic (exact) mass is 517 g/mol. The van der Waals surface area contributed by atoms with Crippen molar-refractivity contribution in [3.8, 4) is 5.75 Å². The van der Waals surface area contributed by atoms with Gasteiger partial charge in [0.15, 0.2) is 5.78 Å². The maximum atomic E-state index is 13.0. The number of fused-ring (bicyclic) bond motifs is 6. The van der Waals surface area contributed by atoms with Gasteiger partial charge in [0, 0.05) is 20.7 Å². The van der Waals surface area contributed by atoms with E-state index < -0.39 is 0 Å². The summed E-state index contributed by atoms with van der Waals surface area (Å²) in [4.78, 5) is 39.2. The van der Waals surface area contributed by atoms with Crippen LogP contribution in [0.3, 0.4) is 0 Å². The van der Waals surface area contributed by atoms with E-state index in [9.17, 15) is 19.5 Å². The van der Waals surface area contributed by atoms with Crippen molar-refractivity contribution in [2.75, 3.05) is 0 Å². The van der Waals surface area contributed by atoms with Crippen molar-refractivity contribution in [3.05, 3.63) is 123 Å². The van der Waals surface area contributed by atoms with Crippen LogP contribution < -0.4 is 9.85 Å². The van der Waals surface area contributed by atoms with E-state index >= 15 is 0 Å². The fraction of sp³-hybridized carbons (Fsp3) is 0. The van der Waals surface area contributed by atoms with Crippen molar-refractivity contribution in [2.24, 2.45) is 0 Å². The van der Waals surface area contributed by atoms with E-state index in [2.05, 4.69) is 0 Å². The van der Waals surface area contributed by atoms with Gasteiger partial charge in [0.25, 0.3) is 0 Å². The molecule has 0 unspecified atom stereocenters. The van der Waals surface area contributed by atoms with E-state index in [1.807, 2.05) is 60.7 Å². The molecular formula is C31H17O4S2-. The van der Waals surface area contributed by atoms with Crippen LogP contribution in [0.15, 0.2) is 112 Å². The fourth-order valence-corrected chi connectivity index (χ4v) is 6.53. The number of thioether (sulfide) groups is 1. The van der Waals surface area contributed by atoms with Gasteiger partial charge in [-0.25, -0.2) is 0 Å². The zero-order chi connectivity index (χ0) is 25.5. The molecule has 0 radical (unpaired) electrons. The molecule has 1 aromatic heterocycles. The molecule has 178 valence electrons. The number of Topliss-reactive ketones (excluding diaryl/α,β-unsaturated/α-hetero) is 1. The molecule has 0 fully saturated rings. The second-order valence-corrected chi connectivity index (χ2v) is 10.5. The lowest BCUT2D eigenvalue weighted by atomic mass is 9.99. The first-order valence-corrected chi connectivity index (χ1v) is 13.2. The first-order chi connectivity index (χ1) is 18.0. The summed E-state index contributed by atoms with van der Waals surface area (Å²) in [5, 5.41) is 17.0. The number of allylic oxidation sites excluding steroid dienone is 4.